The number of anilines is 1. The molecule has 0 bridgehead atoms. The van der Waals surface area contributed by atoms with Crippen LogP contribution in [-0.4, -0.2) is 38.4 Å². The van der Waals surface area contributed by atoms with Crippen molar-refractivity contribution in [3.63, 3.8) is 0 Å². The van der Waals surface area contributed by atoms with E-state index in [2.05, 4.69) is 25.0 Å². The Kier molecular flexibility index (Phi) is 8.32. The third-order valence-electron chi connectivity index (χ3n) is 5.67. The second-order valence-electron chi connectivity index (χ2n) is 8.30. The summed E-state index contributed by atoms with van der Waals surface area (Å²) in [6, 6.07) is 15.1. The molecular formula is C25H29N5O3S. The summed E-state index contributed by atoms with van der Waals surface area (Å²) >= 11 is 1.32. The van der Waals surface area contributed by atoms with Gasteiger partial charge < -0.3 is 14.9 Å². The molecule has 0 saturated heterocycles. The molecule has 1 aliphatic rings. The molecule has 0 aliphatic heterocycles. The molecule has 1 fully saturated rings. The van der Waals surface area contributed by atoms with Gasteiger partial charge in [-0.25, -0.2) is 4.98 Å². The number of nitrogens with one attached hydrogen (secondary N) is 1. The number of rotatable bonds is 9. The largest absolute Gasteiger partial charge is 0.389 e. The zero-order valence-corrected chi connectivity index (χ0v) is 20.3. The molecule has 9 heteroatoms. The van der Waals surface area contributed by atoms with Gasteiger partial charge in [0.15, 0.2) is 6.61 Å². The Morgan fingerprint density at radius 3 is 2.68 bits per heavy atom. The molecule has 1 unspecified atom stereocenters. The van der Waals surface area contributed by atoms with Crippen LogP contribution in [0.1, 0.15) is 60.9 Å². The molecule has 8 nitrogen and oxygen atoms in total. The number of aromatic nitrogens is 3. The molecule has 178 valence electrons. The average Bonchev–Trinajstić information content (AvgIpc) is 3.28. The van der Waals surface area contributed by atoms with E-state index in [9.17, 15) is 4.79 Å². The van der Waals surface area contributed by atoms with Gasteiger partial charge in [-0.2, -0.15) is 0 Å². The first kappa shape index (κ1) is 24.0. The Morgan fingerprint density at radius 2 is 1.94 bits per heavy atom. The van der Waals surface area contributed by atoms with Crippen molar-refractivity contribution in [3.05, 3.63) is 70.4 Å². The van der Waals surface area contributed by atoms with Crippen molar-refractivity contribution in [2.24, 2.45) is 5.16 Å². The number of oxime groups is 1. The molecule has 1 saturated carbocycles. The number of ether oxygens (including phenoxy) is 1. The van der Waals surface area contributed by atoms with Gasteiger partial charge >= 0.3 is 0 Å². The molecule has 2 heterocycles. The SMILES string of the molecule is Cc1snnc1/C(=N/OCc1cccc(NC(=O)C(C)OC2CCCCC2)n1)c1ccccc1. The topological polar surface area (TPSA) is 98.6 Å². The van der Waals surface area contributed by atoms with E-state index in [-0.39, 0.29) is 18.6 Å². The molecule has 1 aromatic carbocycles. The van der Waals surface area contributed by atoms with E-state index in [0.29, 0.717) is 22.9 Å². The number of nitrogens with zero attached hydrogens (tertiary/aromatic N) is 4. The van der Waals surface area contributed by atoms with Gasteiger partial charge in [0.25, 0.3) is 5.91 Å². The Labute approximate surface area is 203 Å². The van der Waals surface area contributed by atoms with Gasteiger partial charge in [0.05, 0.1) is 16.7 Å². The van der Waals surface area contributed by atoms with Crippen LogP contribution >= 0.6 is 11.5 Å². The molecule has 1 amide bonds. The van der Waals surface area contributed by atoms with Gasteiger partial charge in [0.1, 0.15) is 23.3 Å². The predicted molar refractivity (Wildman–Crippen MR) is 132 cm³/mol. The predicted octanol–water partition coefficient (Wildman–Crippen LogP) is 4.89. The Morgan fingerprint density at radius 1 is 1.15 bits per heavy atom. The second-order valence-corrected chi connectivity index (χ2v) is 9.26. The lowest BCUT2D eigenvalue weighted by atomic mass is 9.97. The molecule has 1 atom stereocenters. The van der Waals surface area contributed by atoms with Crippen LogP contribution in [0.2, 0.25) is 0 Å². The minimum atomic E-state index is -0.530. The van der Waals surface area contributed by atoms with Crippen LogP contribution < -0.4 is 5.32 Å². The monoisotopic (exact) mass is 479 g/mol. The fourth-order valence-corrected chi connectivity index (χ4v) is 4.32. The number of hydrogen-bond donors (Lipinski definition) is 1. The Hall–Kier alpha value is -3.17. The van der Waals surface area contributed by atoms with Gasteiger partial charge in [0, 0.05) is 5.56 Å². The first-order valence-electron chi connectivity index (χ1n) is 11.6. The number of benzene rings is 1. The van der Waals surface area contributed by atoms with Crippen LogP contribution in [0.25, 0.3) is 0 Å². The summed E-state index contributed by atoms with van der Waals surface area (Å²) in [4.78, 5) is 23.7. The maximum absolute atomic E-state index is 12.6. The summed E-state index contributed by atoms with van der Waals surface area (Å²) in [5, 5.41) is 11.4. The van der Waals surface area contributed by atoms with E-state index in [1.54, 1.807) is 13.0 Å². The van der Waals surface area contributed by atoms with Crippen LogP contribution in [0.15, 0.2) is 53.7 Å². The maximum Gasteiger partial charge on any atom is 0.254 e. The smallest absolute Gasteiger partial charge is 0.254 e. The summed E-state index contributed by atoms with van der Waals surface area (Å²) in [5.41, 5.74) is 2.84. The van der Waals surface area contributed by atoms with Gasteiger partial charge in [0.2, 0.25) is 0 Å². The summed E-state index contributed by atoms with van der Waals surface area (Å²) in [6.45, 7) is 3.88. The highest BCUT2D eigenvalue weighted by Gasteiger charge is 2.21. The van der Waals surface area contributed by atoms with Crippen molar-refractivity contribution in [1.82, 2.24) is 14.6 Å². The minimum Gasteiger partial charge on any atom is -0.389 e. The van der Waals surface area contributed by atoms with Crippen molar-refractivity contribution in [3.8, 4) is 0 Å². The minimum absolute atomic E-state index is 0.144. The van der Waals surface area contributed by atoms with Crippen LogP contribution in [0.3, 0.4) is 0 Å². The summed E-state index contributed by atoms with van der Waals surface area (Å²) in [5.74, 6) is 0.254. The molecule has 0 spiro atoms. The highest BCUT2D eigenvalue weighted by atomic mass is 32.1. The van der Waals surface area contributed by atoms with Crippen LogP contribution in [-0.2, 0) is 21.0 Å². The quantitative estimate of drug-likeness (QED) is 0.347. The Balaban J connectivity index is 1.38. The van der Waals surface area contributed by atoms with Gasteiger partial charge in [-0.3, -0.25) is 4.79 Å². The highest BCUT2D eigenvalue weighted by molar-refractivity contribution is 7.05. The Bertz CT molecular complexity index is 1110. The zero-order chi connectivity index (χ0) is 23.8. The first-order valence-corrected chi connectivity index (χ1v) is 12.3. The van der Waals surface area contributed by atoms with Crippen molar-refractivity contribution in [1.29, 1.82) is 0 Å². The number of carbonyl (C=O) groups is 1. The lowest BCUT2D eigenvalue weighted by Crippen LogP contribution is -2.32. The summed E-state index contributed by atoms with van der Waals surface area (Å²) in [7, 11) is 0. The van der Waals surface area contributed by atoms with Crippen molar-refractivity contribution < 1.29 is 14.4 Å². The molecule has 4 rings (SSSR count). The maximum atomic E-state index is 12.6. The van der Waals surface area contributed by atoms with Crippen molar-refractivity contribution in [2.45, 2.75) is 64.8 Å². The van der Waals surface area contributed by atoms with Crippen LogP contribution in [0.4, 0.5) is 5.82 Å². The van der Waals surface area contributed by atoms with E-state index in [0.717, 1.165) is 36.1 Å². The lowest BCUT2D eigenvalue weighted by molar-refractivity contribution is -0.131. The van der Waals surface area contributed by atoms with Gasteiger partial charge in [-0.15, -0.1) is 5.10 Å². The molecule has 0 radical (unpaired) electrons. The summed E-state index contributed by atoms with van der Waals surface area (Å²) in [6.07, 6.45) is 5.24. The zero-order valence-electron chi connectivity index (χ0n) is 19.4. The van der Waals surface area contributed by atoms with E-state index < -0.39 is 6.10 Å². The third-order valence-corrected chi connectivity index (χ3v) is 6.30. The first-order chi connectivity index (χ1) is 16.6. The molecule has 3 aromatic rings. The molecule has 1 aliphatic carbocycles. The van der Waals surface area contributed by atoms with Gasteiger partial charge in [-0.05, 0) is 50.4 Å². The van der Waals surface area contributed by atoms with E-state index in [1.165, 1.54) is 18.0 Å². The molecule has 34 heavy (non-hydrogen) atoms. The number of pyridine rings is 1. The highest BCUT2D eigenvalue weighted by Crippen LogP contribution is 2.22. The normalized spacial score (nSPS) is 15.6. The van der Waals surface area contributed by atoms with E-state index in [1.807, 2.05) is 49.4 Å². The fourth-order valence-electron chi connectivity index (χ4n) is 3.85. The third kappa shape index (κ3) is 6.45. The molecule has 1 N–H and O–H groups in total. The fraction of sp³-hybridized carbons (Fsp3) is 0.400. The van der Waals surface area contributed by atoms with Crippen LogP contribution in [0, 0.1) is 6.92 Å². The average molecular weight is 480 g/mol. The van der Waals surface area contributed by atoms with Crippen LogP contribution in [0.5, 0.6) is 0 Å². The second kappa shape index (κ2) is 11.8. The van der Waals surface area contributed by atoms with Crippen molar-refractivity contribution in [2.75, 3.05) is 5.32 Å². The standard InChI is InChI=1S/C25H29N5O3S/c1-17(33-21-13-7-4-8-14-21)25(31)27-22-15-9-12-20(26-22)16-32-29-24(19-10-5-3-6-11-19)23-18(2)34-30-28-23/h3,5-6,9-12,15,17,21H,4,7-8,13-14,16H2,1-2H3,(H,26,27,31)/b29-24+. The molecular weight excluding hydrogens is 450 g/mol. The molecule has 2 aromatic heterocycles. The lowest BCUT2D eigenvalue weighted by Gasteiger charge is -2.25. The summed E-state index contributed by atoms with van der Waals surface area (Å²) < 4.78 is 9.96. The van der Waals surface area contributed by atoms with E-state index in [4.69, 9.17) is 9.57 Å². The number of aryl methyl sites for hydroxylation is 1. The van der Waals surface area contributed by atoms with Gasteiger partial charge in [-0.1, -0.05) is 65.3 Å². The number of carbonyl (C=O) groups excluding carboxylic acids is 1. The van der Waals surface area contributed by atoms with E-state index >= 15 is 0 Å². The number of amides is 1. The van der Waals surface area contributed by atoms with Crippen molar-refractivity contribution >= 4 is 29.0 Å². The number of hydrogen-bond acceptors (Lipinski definition) is 8.